The summed E-state index contributed by atoms with van der Waals surface area (Å²) < 4.78 is 59.8. The summed E-state index contributed by atoms with van der Waals surface area (Å²) in [6.07, 6.45) is -1.54. The van der Waals surface area contributed by atoms with Crippen LogP contribution in [0.15, 0.2) is 36.5 Å². The lowest BCUT2D eigenvalue weighted by atomic mass is 9.72. The van der Waals surface area contributed by atoms with Gasteiger partial charge in [0.1, 0.15) is 22.7 Å². The van der Waals surface area contributed by atoms with E-state index >= 15 is 0 Å². The predicted octanol–water partition coefficient (Wildman–Crippen LogP) is 7.50. The Morgan fingerprint density at radius 2 is 1.76 bits per heavy atom. The van der Waals surface area contributed by atoms with Gasteiger partial charge in [0, 0.05) is 26.0 Å². The van der Waals surface area contributed by atoms with Gasteiger partial charge in [-0.25, -0.2) is 4.98 Å². The molecule has 12 nitrogen and oxygen atoms in total. The van der Waals surface area contributed by atoms with Crippen LogP contribution in [0.5, 0.6) is 5.75 Å². The average Bonchev–Trinajstić information content (AvgIpc) is 3.39. The molecule has 2 aliphatic rings. The van der Waals surface area contributed by atoms with Crippen molar-refractivity contribution in [3.05, 3.63) is 64.3 Å². The zero-order valence-corrected chi connectivity index (χ0v) is 30.5. The number of carbonyl (C=O) groups is 2. The number of nitrogens with zero attached hydrogens (tertiary/aromatic N) is 4. The molecule has 0 saturated heterocycles. The Morgan fingerprint density at radius 1 is 1.10 bits per heavy atom. The molecule has 0 spiro atoms. The van der Waals surface area contributed by atoms with Crippen LogP contribution in [0.1, 0.15) is 78.1 Å². The number of nitrogens with one attached hydrogen (secondary N) is 2. The first kappa shape index (κ1) is 38.2. The molecule has 16 heteroatoms. The minimum absolute atomic E-state index is 0.00759. The zero-order chi connectivity index (χ0) is 37.1. The van der Waals surface area contributed by atoms with E-state index in [4.69, 9.17) is 13.8 Å². The van der Waals surface area contributed by atoms with E-state index in [1.54, 1.807) is 44.2 Å². The Morgan fingerprint density at radius 3 is 2.35 bits per heavy atom. The SMILES string of the molecule is CCOP(Cc1ccc(Nc2ncc(C(F)(F)F)c(Nc3ccc(C4CCC(C(=O)O)(N(C)C)CC4)c4c3C(=O)N(C)C4)n2)c(OC)c1)OCC. The largest absolute Gasteiger partial charge is 0.495 e. The molecular formula is C35H44F3N6O6P. The van der Waals surface area contributed by atoms with Gasteiger partial charge in [0.15, 0.2) is 8.38 Å². The maximum Gasteiger partial charge on any atom is 0.421 e. The Hall–Kier alpha value is -4.04. The van der Waals surface area contributed by atoms with E-state index in [0.29, 0.717) is 68.3 Å². The van der Waals surface area contributed by atoms with Gasteiger partial charge in [0.05, 0.1) is 37.3 Å². The summed E-state index contributed by atoms with van der Waals surface area (Å²) in [4.78, 5) is 37.1. The van der Waals surface area contributed by atoms with Crippen molar-refractivity contribution in [2.24, 2.45) is 0 Å². The maximum absolute atomic E-state index is 14.3. The number of methoxy groups -OCH3 is 1. The maximum atomic E-state index is 14.3. The lowest BCUT2D eigenvalue weighted by Crippen LogP contribution is -2.53. The van der Waals surface area contributed by atoms with E-state index in [0.717, 1.165) is 11.1 Å². The molecule has 1 saturated carbocycles. The van der Waals surface area contributed by atoms with Crippen LogP contribution in [0, 0.1) is 0 Å². The fraction of sp³-hybridized carbons (Fsp3) is 0.486. The first-order valence-electron chi connectivity index (χ1n) is 16.7. The van der Waals surface area contributed by atoms with Crippen molar-refractivity contribution in [2.45, 2.75) is 69.9 Å². The summed E-state index contributed by atoms with van der Waals surface area (Å²) in [6.45, 7) is 5.08. The number of carboxylic acids is 1. The molecule has 3 N–H and O–H groups in total. The van der Waals surface area contributed by atoms with Crippen molar-refractivity contribution in [3.63, 3.8) is 0 Å². The number of anilines is 4. The molecule has 1 aliphatic heterocycles. The standard InChI is InChI=1S/C35H44F3N6O6P/c1-7-49-51(50-8-2)20-21-9-11-26(28(17-21)48-6)41-33-39-18-25(35(36,37)38)30(42-33)40-27-12-10-23(24-19-44(5)31(45)29(24)27)22-13-15-34(16-14-22,32(46)47)43(3)4/h9-12,17-18,22H,7-8,13-16,19-20H2,1-6H3,(H,46,47)(H2,39,40,41,42). The van der Waals surface area contributed by atoms with Gasteiger partial charge in [0.2, 0.25) is 5.95 Å². The molecule has 0 radical (unpaired) electrons. The van der Waals surface area contributed by atoms with E-state index in [2.05, 4.69) is 20.6 Å². The van der Waals surface area contributed by atoms with Crippen LogP contribution in [-0.2, 0) is 32.7 Å². The van der Waals surface area contributed by atoms with Crippen molar-refractivity contribution in [2.75, 3.05) is 52.1 Å². The lowest BCUT2D eigenvalue weighted by molar-refractivity contribution is -0.152. The minimum Gasteiger partial charge on any atom is -0.495 e. The topological polar surface area (TPSA) is 138 Å². The number of carboxylic acid groups (broad SMARTS) is 1. The van der Waals surface area contributed by atoms with Gasteiger partial charge in [-0.2, -0.15) is 18.2 Å². The second-order valence-corrected chi connectivity index (χ2v) is 14.3. The number of halogens is 3. The molecule has 5 rings (SSSR count). The number of aromatic nitrogens is 2. The highest BCUT2D eigenvalue weighted by molar-refractivity contribution is 7.46. The van der Waals surface area contributed by atoms with E-state index in [1.807, 2.05) is 26.0 Å². The molecule has 3 aromatic rings. The van der Waals surface area contributed by atoms with Gasteiger partial charge >= 0.3 is 12.1 Å². The van der Waals surface area contributed by atoms with E-state index in [-0.39, 0.29) is 35.6 Å². The molecule has 1 aliphatic carbocycles. The van der Waals surface area contributed by atoms with Crippen molar-refractivity contribution >= 4 is 43.4 Å². The quantitative estimate of drug-likeness (QED) is 0.142. The lowest BCUT2D eigenvalue weighted by Gasteiger charge is -2.42. The normalized spacial score (nSPS) is 19.1. The number of aliphatic carboxylic acids is 1. The molecule has 0 atom stereocenters. The number of amides is 1. The molecule has 51 heavy (non-hydrogen) atoms. The van der Waals surface area contributed by atoms with Crippen LogP contribution < -0.4 is 15.4 Å². The number of alkyl halides is 3. The molecule has 1 aromatic heterocycles. The molecule has 2 heterocycles. The summed E-state index contributed by atoms with van der Waals surface area (Å²) in [5, 5.41) is 15.8. The van der Waals surface area contributed by atoms with E-state index in [9.17, 15) is 27.9 Å². The molecule has 1 amide bonds. The molecule has 1 fully saturated rings. The van der Waals surface area contributed by atoms with Crippen LogP contribution in [0.3, 0.4) is 0 Å². The fourth-order valence-corrected chi connectivity index (χ4v) is 8.15. The number of likely N-dealkylation sites (N-methyl/N-ethyl adjacent to an activating group) is 1. The molecule has 2 aromatic carbocycles. The van der Waals surface area contributed by atoms with Crippen LogP contribution in [-0.4, -0.2) is 83.8 Å². The van der Waals surface area contributed by atoms with E-state index in [1.165, 1.54) is 12.0 Å². The van der Waals surface area contributed by atoms with Crippen molar-refractivity contribution < 1.29 is 41.7 Å². The number of carbonyl (C=O) groups excluding carboxylic acids is 1. The summed E-state index contributed by atoms with van der Waals surface area (Å²) in [6, 6.07) is 8.78. The van der Waals surface area contributed by atoms with Gasteiger partial charge in [-0.3, -0.25) is 14.5 Å². The van der Waals surface area contributed by atoms with Gasteiger partial charge in [-0.1, -0.05) is 12.1 Å². The first-order chi connectivity index (χ1) is 24.2. The minimum atomic E-state index is -4.80. The average molecular weight is 733 g/mol. The summed E-state index contributed by atoms with van der Waals surface area (Å²) in [5.41, 5.74) is 1.32. The van der Waals surface area contributed by atoms with Gasteiger partial charge in [-0.05, 0) is 94.4 Å². The fourth-order valence-electron chi connectivity index (χ4n) is 6.82. The number of hydrogen-bond acceptors (Lipinski definition) is 10. The predicted molar refractivity (Wildman–Crippen MR) is 188 cm³/mol. The number of fused-ring (bicyclic) bond motifs is 1. The Balaban J connectivity index is 1.45. The Labute approximate surface area is 296 Å². The smallest absolute Gasteiger partial charge is 0.421 e. The molecule has 276 valence electrons. The number of rotatable bonds is 14. The third-order valence-corrected chi connectivity index (χ3v) is 11.2. The van der Waals surface area contributed by atoms with Crippen molar-refractivity contribution in [1.82, 2.24) is 19.8 Å². The van der Waals surface area contributed by atoms with Crippen LogP contribution in [0.4, 0.5) is 36.3 Å². The zero-order valence-electron chi connectivity index (χ0n) is 29.6. The highest BCUT2D eigenvalue weighted by Gasteiger charge is 2.45. The molecule has 0 unspecified atom stereocenters. The van der Waals surface area contributed by atoms with Gasteiger partial charge in [0.25, 0.3) is 5.91 Å². The molecule has 0 bridgehead atoms. The van der Waals surface area contributed by atoms with Crippen LogP contribution in [0.25, 0.3) is 0 Å². The van der Waals surface area contributed by atoms with Crippen molar-refractivity contribution in [1.29, 1.82) is 0 Å². The second kappa shape index (κ2) is 15.7. The summed E-state index contributed by atoms with van der Waals surface area (Å²) >= 11 is 0. The van der Waals surface area contributed by atoms with Gasteiger partial charge in [-0.15, -0.1) is 0 Å². The highest BCUT2D eigenvalue weighted by Crippen LogP contribution is 2.46. The third-order valence-electron chi connectivity index (χ3n) is 9.53. The van der Waals surface area contributed by atoms with Crippen molar-refractivity contribution in [3.8, 4) is 5.75 Å². The third kappa shape index (κ3) is 8.06. The highest BCUT2D eigenvalue weighted by atomic mass is 31.2. The first-order valence-corrected chi connectivity index (χ1v) is 18.1. The van der Waals surface area contributed by atoms with Gasteiger partial charge < -0.3 is 34.4 Å². The van der Waals surface area contributed by atoms with E-state index < -0.39 is 37.4 Å². The summed E-state index contributed by atoms with van der Waals surface area (Å²) in [7, 11) is 5.50. The number of hydrogen-bond donors (Lipinski definition) is 3. The monoisotopic (exact) mass is 732 g/mol. The van der Waals surface area contributed by atoms with Crippen LogP contribution >= 0.6 is 8.38 Å². The van der Waals surface area contributed by atoms with Crippen LogP contribution in [0.2, 0.25) is 0 Å². The molecular weight excluding hydrogens is 688 g/mol. The number of benzene rings is 2. The Bertz CT molecular complexity index is 1750. The Kier molecular flexibility index (Phi) is 11.7. The second-order valence-electron chi connectivity index (χ2n) is 12.8. The number of ether oxygens (including phenoxy) is 1. The summed E-state index contributed by atoms with van der Waals surface area (Å²) in [5.74, 6) is -1.43.